The number of benzene rings is 2. The highest BCUT2D eigenvalue weighted by Crippen LogP contribution is 2.31. The number of imidazole rings is 1. The van der Waals surface area contributed by atoms with Crippen LogP contribution in [0.4, 0.5) is 23.2 Å². The third-order valence-corrected chi connectivity index (χ3v) is 4.47. The molecule has 1 amide bonds. The van der Waals surface area contributed by atoms with Crippen LogP contribution in [0.3, 0.4) is 0 Å². The quantitative estimate of drug-likeness (QED) is 0.478. The number of carbonyl (C=O) groups excluding carboxylic acids is 1. The van der Waals surface area contributed by atoms with Gasteiger partial charge in [-0.1, -0.05) is 24.3 Å². The highest BCUT2D eigenvalue weighted by molar-refractivity contribution is 5.81. The zero-order valence-electron chi connectivity index (χ0n) is 15.7. The molecule has 0 aliphatic heterocycles. The van der Waals surface area contributed by atoms with Gasteiger partial charge in [-0.15, -0.1) is 0 Å². The van der Waals surface area contributed by atoms with Crippen molar-refractivity contribution in [2.24, 2.45) is 0 Å². The third-order valence-electron chi connectivity index (χ3n) is 4.47. The van der Waals surface area contributed by atoms with E-state index in [4.69, 9.17) is 0 Å². The smallest absolute Gasteiger partial charge is 0.372 e. The average molecular weight is 408 g/mol. The SMILES string of the molecule is CN(CCCNC(=O)Cn1c(C(F)(F)F)nc2ccccc21)c1ccccc1F. The minimum Gasteiger partial charge on any atom is -0.372 e. The van der Waals surface area contributed by atoms with Crippen LogP contribution in [0.15, 0.2) is 48.5 Å². The summed E-state index contributed by atoms with van der Waals surface area (Å²) in [6.07, 6.45) is -4.16. The predicted octanol–water partition coefficient (Wildman–Crippen LogP) is 3.84. The van der Waals surface area contributed by atoms with Gasteiger partial charge in [-0.05, 0) is 30.7 Å². The Morgan fingerprint density at radius 3 is 2.55 bits per heavy atom. The first-order valence-electron chi connectivity index (χ1n) is 9.02. The number of para-hydroxylation sites is 3. The number of rotatable bonds is 7. The van der Waals surface area contributed by atoms with Crippen molar-refractivity contribution in [1.29, 1.82) is 0 Å². The molecule has 0 aliphatic carbocycles. The molecule has 0 fully saturated rings. The first-order valence-corrected chi connectivity index (χ1v) is 9.02. The molecule has 0 saturated carbocycles. The molecule has 0 saturated heterocycles. The summed E-state index contributed by atoms with van der Waals surface area (Å²) in [5, 5.41) is 2.61. The van der Waals surface area contributed by atoms with E-state index in [1.165, 1.54) is 18.2 Å². The van der Waals surface area contributed by atoms with Gasteiger partial charge in [-0.3, -0.25) is 4.79 Å². The van der Waals surface area contributed by atoms with E-state index in [1.807, 2.05) is 0 Å². The number of alkyl halides is 3. The molecular formula is C20H20F4N4O. The van der Waals surface area contributed by atoms with E-state index in [-0.39, 0.29) is 23.4 Å². The number of hydrogen-bond donors (Lipinski definition) is 1. The second kappa shape index (κ2) is 8.50. The van der Waals surface area contributed by atoms with Crippen LogP contribution in [-0.4, -0.2) is 35.6 Å². The standard InChI is InChI=1S/C20H20F4N4O/c1-27(16-9-4-2-7-14(16)21)12-6-11-25-18(29)13-28-17-10-5-3-8-15(17)26-19(28)20(22,23)24/h2-5,7-10H,6,11-13H2,1H3,(H,25,29). The molecule has 1 heterocycles. The average Bonchev–Trinajstić information content (AvgIpc) is 3.04. The molecule has 0 spiro atoms. The Kier molecular flexibility index (Phi) is 6.05. The van der Waals surface area contributed by atoms with Crippen LogP contribution < -0.4 is 10.2 Å². The number of anilines is 1. The van der Waals surface area contributed by atoms with Gasteiger partial charge < -0.3 is 14.8 Å². The molecule has 5 nitrogen and oxygen atoms in total. The molecule has 0 bridgehead atoms. The Morgan fingerprint density at radius 1 is 1.14 bits per heavy atom. The first kappa shape index (κ1) is 20.6. The Morgan fingerprint density at radius 2 is 1.83 bits per heavy atom. The van der Waals surface area contributed by atoms with Crippen molar-refractivity contribution in [3.05, 3.63) is 60.2 Å². The van der Waals surface area contributed by atoms with E-state index in [2.05, 4.69) is 10.3 Å². The second-order valence-corrected chi connectivity index (χ2v) is 6.58. The fourth-order valence-electron chi connectivity index (χ4n) is 3.08. The largest absolute Gasteiger partial charge is 0.449 e. The van der Waals surface area contributed by atoms with Gasteiger partial charge in [0.25, 0.3) is 0 Å². The van der Waals surface area contributed by atoms with Gasteiger partial charge in [-0.2, -0.15) is 13.2 Å². The van der Waals surface area contributed by atoms with Crippen LogP contribution >= 0.6 is 0 Å². The van der Waals surface area contributed by atoms with Gasteiger partial charge in [0.1, 0.15) is 12.4 Å². The lowest BCUT2D eigenvalue weighted by molar-refractivity contribution is -0.147. The highest BCUT2D eigenvalue weighted by atomic mass is 19.4. The Balaban J connectivity index is 1.58. The van der Waals surface area contributed by atoms with Gasteiger partial charge >= 0.3 is 6.18 Å². The molecule has 154 valence electrons. The van der Waals surface area contributed by atoms with Crippen molar-refractivity contribution in [1.82, 2.24) is 14.9 Å². The van der Waals surface area contributed by atoms with Crippen LogP contribution in [0.25, 0.3) is 11.0 Å². The van der Waals surface area contributed by atoms with Crippen molar-refractivity contribution >= 4 is 22.6 Å². The lowest BCUT2D eigenvalue weighted by Crippen LogP contribution is -2.32. The van der Waals surface area contributed by atoms with Crippen LogP contribution in [0.5, 0.6) is 0 Å². The number of carbonyl (C=O) groups is 1. The molecule has 3 rings (SSSR count). The van der Waals surface area contributed by atoms with Gasteiger partial charge in [0.15, 0.2) is 0 Å². The number of nitrogens with one attached hydrogen (secondary N) is 1. The lowest BCUT2D eigenvalue weighted by Gasteiger charge is -2.20. The maximum absolute atomic E-state index is 13.7. The van der Waals surface area contributed by atoms with E-state index in [1.54, 1.807) is 42.3 Å². The minimum absolute atomic E-state index is 0.180. The van der Waals surface area contributed by atoms with Crippen LogP contribution in [0.2, 0.25) is 0 Å². The zero-order valence-corrected chi connectivity index (χ0v) is 15.7. The zero-order chi connectivity index (χ0) is 21.0. The van der Waals surface area contributed by atoms with Crippen LogP contribution in [0, 0.1) is 5.82 Å². The fourth-order valence-corrected chi connectivity index (χ4v) is 3.08. The summed E-state index contributed by atoms with van der Waals surface area (Å²) in [6, 6.07) is 12.5. The molecule has 0 aliphatic rings. The van der Waals surface area contributed by atoms with E-state index in [0.29, 0.717) is 18.7 Å². The van der Waals surface area contributed by atoms with E-state index in [9.17, 15) is 22.4 Å². The summed E-state index contributed by atoms with van der Waals surface area (Å²) >= 11 is 0. The summed E-state index contributed by atoms with van der Waals surface area (Å²) < 4.78 is 54.4. The highest BCUT2D eigenvalue weighted by Gasteiger charge is 2.37. The molecule has 2 aromatic carbocycles. The predicted molar refractivity (Wildman–Crippen MR) is 102 cm³/mol. The van der Waals surface area contributed by atoms with Crippen LogP contribution in [0.1, 0.15) is 12.2 Å². The van der Waals surface area contributed by atoms with Gasteiger partial charge in [-0.25, -0.2) is 9.37 Å². The molecule has 0 unspecified atom stereocenters. The van der Waals surface area contributed by atoms with Crippen LogP contribution in [-0.2, 0) is 17.5 Å². The number of aromatic nitrogens is 2. The molecule has 0 radical (unpaired) electrons. The molecule has 1 N–H and O–H groups in total. The van der Waals surface area contributed by atoms with E-state index >= 15 is 0 Å². The second-order valence-electron chi connectivity index (χ2n) is 6.58. The van der Waals surface area contributed by atoms with Gasteiger partial charge in [0.2, 0.25) is 11.7 Å². The summed E-state index contributed by atoms with van der Waals surface area (Å²) in [7, 11) is 1.73. The van der Waals surface area contributed by atoms with Gasteiger partial charge in [0, 0.05) is 20.1 Å². The Hall–Kier alpha value is -3.10. The maximum atomic E-state index is 13.7. The Labute approximate surface area is 164 Å². The first-order chi connectivity index (χ1) is 13.8. The van der Waals surface area contributed by atoms with Gasteiger partial charge in [0.05, 0.1) is 16.7 Å². The molecule has 29 heavy (non-hydrogen) atoms. The topological polar surface area (TPSA) is 50.2 Å². The molecular weight excluding hydrogens is 388 g/mol. The number of amides is 1. The maximum Gasteiger partial charge on any atom is 0.449 e. The number of hydrogen-bond acceptors (Lipinski definition) is 3. The van der Waals surface area contributed by atoms with Crippen molar-refractivity contribution in [2.45, 2.75) is 19.1 Å². The molecule has 0 atom stereocenters. The summed E-state index contributed by atoms with van der Waals surface area (Å²) in [5.41, 5.74) is 0.868. The lowest BCUT2D eigenvalue weighted by atomic mass is 10.2. The van der Waals surface area contributed by atoms with Crippen molar-refractivity contribution < 1.29 is 22.4 Å². The normalized spacial score (nSPS) is 11.6. The molecule has 1 aromatic heterocycles. The number of nitrogens with zero attached hydrogens (tertiary/aromatic N) is 3. The monoisotopic (exact) mass is 408 g/mol. The summed E-state index contributed by atoms with van der Waals surface area (Å²) in [4.78, 5) is 17.5. The van der Waals surface area contributed by atoms with E-state index in [0.717, 1.165) is 4.57 Å². The number of halogens is 4. The molecule has 9 heteroatoms. The minimum atomic E-state index is -4.66. The number of fused-ring (bicyclic) bond motifs is 1. The summed E-state index contributed by atoms with van der Waals surface area (Å²) in [5.74, 6) is -1.99. The van der Waals surface area contributed by atoms with Crippen molar-refractivity contribution in [2.75, 3.05) is 25.0 Å². The van der Waals surface area contributed by atoms with E-state index < -0.39 is 24.5 Å². The third kappa shape index (κ3) is 4.85. The Bertz CT molecular complexity index is 1000. The molecule has 3 aromatic rings. The van der Waals surface area contributed by atoms with Crippen molar-refractivity contribution in [3.8, 4) is 0 Å². The fraction of sp³-hybridized carbons (Fsp3) is 0.300. The van der Waals surface area contributed by atoms with Crippen molar-refractivity contribution in [3.63, 3.8) is 0 Å². The summed E-state index contributed by atoms with van der Waals surface area (Å²) in [6.45, 7) is 0.243.